The number of amides is 1. The SMILES string of the molecule is C=C/C=C(\C=C(/C)NC(=O)C1CCCCC1)c1cnc2n[nH]c(-c3cc4c(N5CCCCC5)cncc4[nH]3)c2c1. The van der Waals surface area contributed by atoms with Crippen LogP contribution in [0, 0.1) is 5.92 Å². The molecule has 0 aromatic carbocycles. The van der Waals surface area contributed by atoms with E-state index in [1.165, 1.54) is 36.8 Å². The molecular formula is C32H37N7O. The zero-order chi connectivity index (χ0) is 27.5. The average Bonchev–Trinajstić information content (AvgIpc) is 3.61. The lowest BCUT2D eigenvalue weighted by atomic mass is 9.88. The van der Waals surface area contributed by atoms with Gasteiger partial charge in [-0.25, -0.2) is 4.98 Å². The number of aromatic nitrogens is 5. The van der Waals surface area contributed by atoms with Crippen LogP contribution in [0.25, 0.3) is 38.9 Å². The van der Waals surface area contributed by atoms with Crippen LogP contribution in [-0.2, 0) is 4.79 Å². The predicted octanol–water partition coefficient (Wildman–Crippen LogP) is 6.66. The largest absolute Gasteiger partial charge is 0.370 e. The number of hydrogen-bond acceptors (Lipinski definition) is 5. The first-order valence-electron chi connectivity index (χ1n) is 14.5. The maximum absolute atomic E-state index is 12.8. The maximum Gasteiger partial charge on any atom is 0.227 e. The number of rotatable bonds is 7. The zero-order valence-electron chi connectivity index (χ0n) is 23.2. The highest BCUT2D eigenvalue weighted by Gasteiger charge is 2.21. The van der Waals surface area contributed by atoms with E-state index in [0.29, 0.717) is 5.65 Å². The highest BCUT2D eigenvalue weighted by atomic mass is 16.1. The van der Waals surface area contributed by atoms with Gasteiger partial charge in [-0.3, -0.25) is 14.9 Å². The Morgan fingerprint density at radius 1 is 1.05 bits per heavy atom. The Morgan fingerprint density at radius 2 is 1.85 bits per heavy atom. The summed E-state index contributed by atoms with van der Waals surface area (Å²) in [4.78, 5) is 28.0. The summed E-state index contributed by atoms with van der Waals surface area (Å²) in [7, 11) is 0. The molecule has 3 N–H and O–H groups in total. The molecule has 40 heavy (non-hydrogen) atoms. The van der Waals surface area contributed by atoms with Gasteiger partial charge in [0.2, 0.25) is 5.91 Å². The van der Waals surface area contributed by atoms with Crippen LogP contribution in [0.4, 0.5) is 5.69 Å². The number of carbonyl (C=O) groups is 1. The van der Waals surface area contributed by atoms with Crippen molar-refractivity contribution >= 4 is 39.1 Å². The Balaban J connectivity index is 1.31. The summed E-state index contributed by atoms with van der Waals surface area (Å²) in [6.07, 6.45) is 20.5. The molecule has 0 unspecified atom stereocenters. The third kappa shape index (κ3) is 5.30. The summed E-state index contributed by atoms with van der Waals surface area (Å²) in [5.74, 6) is 0.228. The molecular weight excluding hydrogens is 498 g/mol. The number of fused-ring (bicyclic) bond motifs is 2. The van der Waals surface area contributed by atoms with Gasteiger partial charge in [-0.15, -0.1) is 0 Å². The third-order valence-corrected chi connectivity index (χ3v) is 8.20. The molecule has 206 valence electrons. The fourth-order valence-corrected chi connectivity index (χ4v) is 6.11. The van der Waals surface area contributed by atoms with E-state index >= 15 is 0 Å². The fourth-order valence-electron chi connectivity index (χ4n) is 6.11. The van der Waals surface area contributed by atoms with Crippen molar-refractivity contribution in [3.05, 3.63) is 66.8 Å². The van der Waals surface area contributed by atoms with E-state index in [1.807, 2.05) is 37.7 Å². The summed E-state index contributed by atoms with van der Waals surface area (Å²) in [5.41, 5.74) is 7.32. The van der Waals surface area contributed by atoms with E-state index in [9.17, 15) is 4.79 Å². The van der Waals surface area contributed by atoms with Gasteiger partial charge < -0.3 is 15.2 Å². The van der Waals surface area contributed by atoms with Gasteiger partial charge in [-0.05, 0) is 62.8 Å². The van der Waals surface area contributed by atoms with Gasteiger partial charge >= 0.3 is 0 Å². The predicted molar refractivity (Wildman–Crippen MR) is 162 cm³/mol. The van der Waals surface area contributed by atoms with Crippen molar-refractivity contribution in [3.8, 4) is 11.4 Å². The lowest BCUT2D eigenvalue weighted by Crippen LogP contribution is -2.30. The number of piperidine rings is 1. The minimum absolute atomic E-state index is 0.109. The number of nitrogens with one attached hydrogen (secondary N) is 3. The average molecular weight is 536 g/mol. The van der Waals surface area contributed by atoms with Gasteiger partial charge in [0.25, 0.3) is 0 Å². The molecule has 8 nitrogen and oxygen atoms in total. The Kier molecular flexibility index (Phi) is 7.49. The first kappa shape index (κ1) is 26.0. The molecule has 1 aliphatic carbocycles. The highest BCUT2D eigenvalue weighted by Crippen LogP contribution is 2.34. The summed E-state index contributed by atoms with van der Waals surface area (Å²) in [6, 6.07) is 4.28. The Bertz CT molecular complexity index is 1600. The minimum Gasteiger partial charge on any atom is -0.370 e. The van der Waals surface area contributed by atoms with E-state index < -0.39 is 0 Å². The van der Waals surface area contributed by atoms with Crippen molar-refractivity contribution in [2.45, 2.75) is 58.3 Å². The lowest BCUT2D eigenvalue weighted by molar-refractivity contribution is -0.125. The van der Waals surface area contributed by atoms with Gasteiger partial charge in [0.1, 0.15) is 0 Å². The van der Waals surface area contributed by atoms with Gasteiger partial charge in [0.05, 0.1) is 35.0 Å². The number of anilines is 1. The number of pyridine rings is 2. The van der Waals surface area contributed by atoms with Crippen LogP contribution in [0.3, 0.4) is 0 Å². The van der Waals surface area contributed by atoms with Crippen LogP contribution in [0.1, 0.15) is 63.9 Å². The van der Waals surface area contributed by atoms with Crippen LogP contribution in [0.5, 0.6) is 0 Å². The highest BCUT2D eigenvalue weighted by molar-refractivity contribution is 5.99. The molecule has 8 heteroatoms. The molecule has 5 heterocycles. The normalized spacial score (nSPS) is 17.5. The molecule has 2 aliphatic rings. The number of nitrogens with zero attached hydrogens (tertiary/aromatic N) is 4. The smallest absolute Gasteiger partial charge is 0.227 e. The van der Waals surface area contributed by atoms with Crippen molar-refractivity contribution in [1.29, 1.82) is 0 Å². The Morgan fingerprint density at radius 3 is 2.65 bits per heavy atom. The van der Waals surface area contributed by atoms with Crippen molar-refractivity contribution in [2.24, 2.45) is 5.92 Å². The number of allylic oxidation sites excluding steroid dienone is 5. The van der Waals surface area contributed by atoms with Crippen molar-refractivity contribution < 1.29 is 4.79 Å². The molecule has 0 radical (unpaired) electrons. The molecule has 1 saturated heterocycles. The minimum atomic E-state index is 0.109. The monoisotopic (exact) mass is 535 g/mol. The van der Waals surface area contributed by atoms with Gasteiger partial charge in [-0.2, -0.15) is 5.10 Å². The first-order valence-corrected chi connectivity index (χ1v) is 14.5. The lowest BCUT2D eigenvalue weighted by Gasteiger charge is -2.28. The standard InChI is InChI=1S/C32H37N7O/c1-3-10-23(15-21(2)35-32(40)22-11-6-4-7-12-22)24-16-26-30(37-38-31(26)34-18-24)27-17-25-28(36-27)19-33-20-29(25)39-13-8-5-9-14-39/h3,10,15-20,22,36H,1,4-9,11-14H2,2H3,(H,35,40)(H,34,37,38)/b21-15+,23-10+. The second-order valence-electron chi connectivity index (χ2n) is 11.1. The van der Waals surface area contributed by atoms with E-state index in [0.717, 1.165) is 77.9 Å². The van der Waals surface area contributed by atoms with E-state index in [2.05, 4.69) is 54.1 Å². The van der Waals surface area contributed by atoms with Crippen LogP contribution < -0.4 is 10.2 Å². The molecule has 1 saturated carbocycles. The summed E-state index contributed by atoms with van der Waals surface area (Å²) >= 11 is 0. The maximum atomic E-state index is 12.8. The second kappa shape index (κ2) is 11.5. The first-order chi connectivity index (χ1) is 19.6. The molecule has 1 amide bonds. The quantitative estimate of drug-likeness (QED) is 0.230. The van der Waals surface area contributed by atoms with Crippen LogP contribution in [0.15, 0.2) is 61.2 Å². The third-order valence-electron chi connectivity index (χ3n) is 8.20. The number of H-pyrrole nitrogens is 2. The van der Waals surface area contributed by atoms with Crippen LogP contribution in [-0.4, -0.2) is 44.1 Å². The molecule has 4 aromatic rings. The molecule has 1 aliphatic heterocycles. The molecule has 2 fully saturated rings. The van der Waals surface area contributed by atoms with Gasteiger partial charge in [-0.1, -0.05) is 38.0 Å². The molecule has 4 aromatic heterocycles. The summed E-state index contributed by atoms with van der Waals surface area (Å²) < 4.78 is 0. The molecule has 0 bridgehead atoms. The zero-order valence-corrected chi connectivity index (χ0v) is 23.2. The molecule has 0 atom stereocenters. The molecule has 0 spiro atoms. The van der Waals surface area contributed by atoms with Crippen LogP contribution in [0.2, 0.25) is 0 Å². The fraction of sp³-hybridized carbons (Fsp3) is 0.375. The number of carbonyl (C=O) groups excluding carboxylic acids is 1. The van der Waals surface area contributed by atoms with Crippen molar-refractivity contribution in [3.63, 3.8) is 0 Å². The van der Waals surface area contributed by atoms with Crippen molar-refractivity contribution in [1.82, 2.24) is 30.5 Å². The Labute approximate surface area is 234 Å². The van der Waals surface area contributed by atoms with Gasteiger partial charge in [0.15, 0.2) is 5.65 Å². The summed E-state index contributed by atoms with van der Waals surface area (Å²) in [6.45, 7) is 7.97. The number of hydrogen-bond donors (Lipinski definition) is 3. The van der Waals surface area contributed by atoms with Gasteiger partial charge in [0, 0.05) is 47.2 Å². The second-order valence-corrected chi connectivity index (χ2v) is 11.1. The van der Waals surface area contributed by atoms with E-state index in [4.69, 9.17) is 0 Å². The topological polar surface area (TPSA) is 103 Å². The van der Waals surface area contributed by atoms with Crippen LogP contribution >= 0.6 is 0 Å². The number of aromatic amines is 2. The van der Waals surface area contributed by atoms with E-state index in [1.54, 1.807) is 6.08 Å². The Hall–Kier alpha value is -4.20. The summed E-state index contributed by atoms with van der Waals surface area (Å²) in [5, 5.41) is 12.9. The van der Waals surface area contributed by atoms with Crippen molar-refractivity contribution in [2.75, 3.05) is 18.0 Å². The molecule has 6 rings (SSSR count). The van der Waals surface area contributed by atoms with E-state index in [-0.39, 0.29) is 11.8 Å².